The molecular weight excluding hydrogens is 136 g/mol. The van der Waals surface area contributed by atoms with E-state index in [1.165, 1.54) is 0 Å². The van der Waals surface area contributed by atoms with Crippen molar-refractivity contribution in [2.45, 2.75) is 13.3 Å². The van der Waals surface area contributed by atoms with Crippen molar-refractivity contribution < 1.29 is 10.3 Å². The second-order valence-electron chi connectivity index (χ2n) is 2.64. The molecule has 2 rings (SSSR count). The van der Waals surface area contributed by atoms with Gasteiger partial charge in [0.2, 0.25) is 0 Å². The van der Waals surface area contributed by atoms with Crippen LogP contribution in [0.1, 0.15) is 28.3 Å². The van der Waals surface area contributed by atoms with E-state index in [0.717, 1.165) is 0 Å². The summed E-state index contributed by atoms with van der Waals surface area (Å²) in [6.45, 7) is -2.57. The molecule has 56 valence electrons. The lowest BCUT2D eigenvalue weighted by molar-refractivity contribution is 0.0946. The molecule has 1 atom stereocenters. The molecule has 1 aromatic rings. The lowest BCUT2D eigenvalue weighted by atomic mass is 10.1. The van der Waals surface area contributed by atoms with E-state index < -0.39 is 18.5 Å². The van der Waals surface area contributed by atoms with Gasteiger partial charge in [0.15, 0.2) is 5.78 Å². The molecule has 1 aromatic carbocycles. The number of Topliss-reactive ketones (excluding diaryl/α,β-unsaturated/α-hetero) is 1. The molecule has 0 aromatic heterocycles. The summed E-state index contributed by atoms with van der Waals surface area (Å²) in [7, 11) is 0. The van der Waals surface area contributed by atoms with Gasteiger partial charge in [-0.05, 0) is 12.0 Å². The van der Waals surface area contributed by atoms with Crippen LogP contribution in [0, 0.1) is 5.89 Å². The second kappa shape index (κ2) is 2.19. The number of benzene rings is 1. The SMILES string of the molecule is [2H]C([2H])([2H])C1([2H])Cc2ccccc2C1=O. The summed E-state index contributed by atoms with van der Waals surface area (Å²) in [5.74, 6) is -2.57. The maximum Gasteiger partial charge on any atom is 0.166 e. The average molecular weight is 150 g/mol. The third-order valence-corrected chi connectivity index (χ3v) is 1.90. The van der Waals surface area contributed by atoms with Gasteiger partial charge in [-0.2, -0.15) is 0 Å². The fraction of sp³-hybridized carbons (Fsp3) is 0.300. The zero-order chi connectivity index (χ0) is 11.3. The summed E-state index contributed by atoms with van der Waals surface area (Å²) in [5.41, 5.74) is 1.04. The van der Waals surface area contributed by atoms with Crippen LogP contribution in [0.25, 0.3) is 0 Å². The Kier molecular flexibility index (Phi) is 0.702. The molecule has 0 spiro atoms. The highest BCUT2D eigenvalue weighted by Crippen LogP contribution is 2.25. The summed E-state index contributed by atoms with van der Waals surface area (Å²) in [5, 5.41) is 0. The molecular formula is C10H10O. The van der Waals surface area contributed by atoms with Crippen LogP contribution in [-0.2, 0) is 6.42 Å². The number of ketones is 1. The van der Waals surface area contributed by atoms with Crippen molar-refractivity contribution in [2.24, 2.45) is 5.89 Å². The molecule has 1 heteroatoms. The monoisotopic (exact) mass is 150 g/mol. The van der Waals surface area contributed by atoms with Gasteiger partial charge < -0.3 is 0 Å². The Morgan fingerprint density at radius 2 is 2.45 bits per heavy atom. The number of carbonyl (C=O) groups is 1. The van der Waals surface area contributed by atoms with Gasteiger partial charge in [0.25, 0.3) is 0 Å². The summed E-state index contributed by atoms with van der Waals surface area (Å²) >= 11 is 0. The molecule has 1 nitrogen and oxygen atoms in total. The maximum absolute atomic E-state index is 11.8. The minimum Gasteiger partial charge on any atom is -0.294 e. The van der Waals surface area contributed by atoms with Crippen LogP contribution in [-0.4, -0.2) is 5.78 Å². The van der Waals surface area contributed by atoms with Crippen molar-refractivity contribution in [1.82, 2.24) is 0 Å². The fourth-order valence-corrected chi connectivity index (χ4v) is 1.33. The van der Waals surface area contributed by atoms with Crippen molar-refractivity contribution in [1.29, 1.82) is 0 Å². The lowest BCUT2D eigenvalue weighted by Crippen LogP contribution is -2.02. The van der Waals surface area contributed by atoms with E-state index in [0.29, 0.717) is 11.1 Å². The normalized spacial score (nSPS) is 35.1. The Hall–Kier alpha value is -1.11. The molecule has 0 amide bonds. The molecule has 1 unspecified atom stereocenters. The van der Waals surface area contributed by atoms with E-state index in [4.69, 9.17) is 5.48 Å². The van der Waals surface area contributed by atoms with Crippen LogP contribution < -0.4 is 0 Å². The van der Waals surface area contributed by atoms with Gasteiger partial charge in [0.1, 0.15) is 0 Å². The van der Waals surface area contributed by atoms with E-state index in [-0.39, 0.29) is 6.42 Å². The maximum atomic E-state index is 11.8. The van der Waals surface area contributed by atoms with Crippen LogP contribution in [0.3, 0.4) is 0 Å². The predicted molar refractivity (Wildman–Crippen MR) is 43.6 cm³/mol. The van der Waals surface area contributed by atoms with Crippen molar-refractivity contribution in [3.05, 3.63) is 35.4 Å². The second-order valence-corrected chi connectivity index (χ2v) is 2.64. The van der Waals surface area contributed by atoms with Crippen molar-refractivity contribution in [3.8, 4) is 0 Å². The number of hydrogen-bond acceptors (Lipinski definition) is 1. The van der Waals surface area contributed by atoms with Gasteiger partial charge in [-0.25, -0.2) is 0 Å². The van der Waals surface area contributed by atoms with Gasteiger partial charge in [0.05, 0.1) is 0 Å². The van der Waals surface area contributed by atoms with Crippen LogP contribution in [0.5, 0.6) is 0 Å². The molecule has 0 saturated heterocycles. The molecule has 11 heavy (non-hydrogen) atoms. The third-order valence-electron chi connectivity index (χ3n) is 1.90. The molecule has 0 N–H and O–H groups in total. The quantitative estimate of drug-likeness (QED) is 0.553. The smallest absolute Gasteiger partial charge is 0.166 e. The lowest BCUT2D eigenvalue weighted by Gasteiger charge is -1.93. The fourth-order valence-electron chi connectivity index (χ4n) is 1.33. The van der Waals surface area contributed by atoms with Gasteiger partial charge >= 0.3 is 0 Å². The highest BCUT2D eigenvalue weighted by molar-refractivity contribution is 6.01. The van der Waals surface area contributed by atoms with Gasteiger partial charge in [0, 0.05) is 16.9 Å². The molecule has 0 aliphatic heterocycles. The van der Waals surface area contributed by atoms with Crippen molar-refractivity contribution >= 4 is 5.78 Å². The standard InChI is InChI=1S/C10H10O/c1-7-6-8-4-2-3-5-9(8)10(7)11/h2-5,7H,6H2,1H3/i1D3,7D. The number of hydrogen-bond donors (Lipinski definition) is 0. The first-order chi connectivity index (χ1) is 6.86. The van der Waals surface area contributed by atoms with Crippen LogP contribution >= 0.6 is 0 Å². The summed E-state index contributed by atoms with van der Waals surface area (Å²) < 4.78 is 29.6. The zero-order valence-electron chi connectivity index (χ0n) is 9.92. The number of rotatable bonds is 0. The predicted octanol–water partition coefficient (Wildman–Crippen LogP) is 2.06. The molecule has 0 heterocycles. The van der Waals surface area contributed by atoms with E-state index in [2.05, 4.69) is 0 Å². The number of carbonyl (C=O) groups excluding carboxylic acids is 1. The Morgan fingerprint density at radius 1 is 1.64 bits per heavy atom. The minimum atomic E-state index is -2.57. The van der Waals surface area contributed by atoms with E-state index in [9.17, 15) is 4.79 Å². The zero-order valence-corrected chi connectivity index (χ0v) is 5.92. The summed E-state index contributed by atoms with van der Waals surface area (Å²) in [4.78, 5) is 11.8. The Morgan fingerprint density at radius 3 is 3.18 bits per heavy atom. The van der Waals surface area contributed by atoms with Crippen molar-refractivity contribution in [2.75, 3.05) is 0 Å². The topological polar surface area (TPSA) is 17.1 Å². The third kappa shape index (κ3) is 0.881. The molecule has 0 fully saturated rings. The molecule has 1 aliphatic carbocycles. The highest BCUT2D eigenvalue weighted by atomic mass is 16.1. The Balaban J connectivity index is 2.52. The first-order valence-electron chi connectivity index (χ1n) is 5.49. The van der Waals surface area contributed by atoms with E-state index in [1.54, 1.807) is 24.3 Å². The van der Waals surface area contributed by atoms with E-state index in [1.807, 2.05) is 0 Å². The molecule has 0 bridgehead atoms. The summed E-state index contributed by atoms with van der Waals surface area (Å²) in [6.07, 6.45) is -0.0154. The van der Waals surface area contributed by atoms with Crippen LogP contribution in [0.15, 0.2) is 24.3 Å². The first kappa shape index (κ1) is 3.53. The van der Waals surface area contributed by atoms with Crippen LogP contribution in [0.4, 0.5) is 0 Å². The summed E-state index contributed by atoms with van der Waals surface area (Å²) in [6, 6.07) is 6.72. The van der Waals surface area contributed by atoms with Gasteiger partial charge in [-0.15, -0.1) is 0 Å². The Labute approximate surface area is 71.7 Å². The average Bonchev–Trinajstić information content (AvgIpc) is 2.40. The van der Waals surface area contributed by atoms with E-state index >= 15 is 0 Å². The molecule has 0 radical (unpaired) electrons. The van der Waals surface area contributed by atoms with Gasteiger partial charge in [-0.3, -0.25) is 4.79 Å². The Bertz CT molecular complexity index is 424. The highest BCUT2D eigenvalue weighted by Gasteiger charge is 2.25. The van der Waals surface area contributed by atoms with Gasteiger partial charge in [-0.1, -0.05) is 31.1 Å². The number of fused-ring (bicyclic) bond motifs is 1. The minimum absolute atomic E-state index is 0.0154. The first-order valence-corrected chi connectivity index (χ1v) is 3.49. The van der Waals surface area contributed by atoms with Crippen LogP contribution in [0.2, 0.25) is 0 Å². The largest absolute Gasteiger partial charge is 0.294 e. The molecule has 1 aliphatic rings. The molecule has 0 saturated carbocycles. The van der Waals surface area contributed by atoms with Crippen molar-refractivity contribution in [3.63, 3.8) is 0 Å².